The predicted octanol–water partition coefficient (Wildman–Crippen LogP) is 2.23. The monoisotopic (exact) mass is 175 g/mol. The van der Waals surface area contributed by atoms with Gasteiger partial charge < -0.3 is 10.1 Å². The molecule has 2 heteroatoms. The summed E-state index contributed by atoms with van der Waals surface area (Å²) in [7, 11) is 0. The number of hydrogen-bond acceptors (Lipinski definition) is 2. The summed E-state index contributed by atoms with van der Waals surface area (Å²) in [5.74, 6) is 0. The van der Waals surface area contributed by atoms with Gasteiger partial charge in [0.2, 0.25) is 0 Å². The van der Waals surface area contributed by atoms with Crippen molar-refractivity contribution in [2.75, 3.05) is 6.61 Å². The Labute approximate surface area is 78.0 Å². The first-order chi connectivity index (χ1) is 6.38. The molecule has 1 aliphatic heterocycles. The lowest BCUT2D eigenvalue weighted by molar-refractivity contribution is 0.158. The van der Waals surface area contributed by atoms with Crippen molar-refractivity contribution in [3.05, 3.63) is 35.9 Å². The van der Waals surface area contributed by atoms with E-state index in [1.54, 1.807) is 0 Å². The van der Waals surface area contributed by atoms with Gasteiger partial charge in [-0.15, -0.1) is 0 Å². The lowest BCUT2D eigenvalue weighted by Crippen LogP contribution is -2.19. The number of benzene rings is 1. The van der Waals surface area contributed by atoms with Crippen LogP contribution in [0.3, 0.4) is 0 Å². The molecule has 1 N–H and O–H groups in total. The second kappa shape index (κ2) is 3.71. The lowest BCUT2D eigenvalue weighted by Gasteiger charge is -2.10. The molecule has 1 aromatic carbocycles. The zero-order valence-corrected chi connectivity index (χ0v) is 7.49. The van der Waals surface area contributed by atoms with Gasteiger partial charge >= 0.3 is 0 Å². The van der Waals surface area contributed by atoms with Gasteiger partial charge in [-0.1, -0.05) is 30.3 Å². The van der Waals surface area contributed by atoms with E-state index in [4.69, 9.17) is 10.1 Å². The van der Waals surface area contributed by atoms with Crippen LogP contribution in [-0.2, 0) is 4.74 Å². The average molecular weight is 175 g/mol. The molecule has 68 valence electrons. The maximum atomic E-state index is 7.90. The summed E-state index contributed by atoms with van der Waals surface area (Å²) in [6, 6.07) is 9.80. The van der Waals surface area contributed by atoms with E-state index < -0.39 is 0 Å². The molecule has 1 atom stereocenters. The molecule has 1 aromatic rings. The van der Waals surface area contributed by atoms with Crippen molar-refractivity contribution >= 4 is 5.71 Å². The van der Waals surface area contributed by atoms with Crippen LogP contribution >= 0.6 is 0 Å². The van der Waals surface area contributed by atoms with Crippen LogP contribution in [0.15, 0.2) is 30.3 Å². The van der Waals surface area contributed by atoms with Crippen molar-refractivity contribution in [3.8, 4) is 0 Å². The zero-order chi connectivity index (χ0) is 9.10. The van der Waals surface area contributed by atoms with Gasteiger partial charge in [-0.05, 0) is 18.4 Å². The Morgan fingerprint density at radius 3 is 2.69 bits per heavy atom. The van der Waals surface area contributed by atoms with E-state index >= 15 is 0 Å². The van der Waals surface area contributed by atoms with E-state index in [-0.39, 0.29) is 6.10 Å². The Balaban J connectivity index is 2.13. The molecule has 0 aliphatic carbocycles. The van der Waals surface area contributed by atoms with Crippen LogP contribution in [0.4, 0.5) is 0 Å². The molecule has 1 unspecified atom stereocenters. The maximum Gasteiger partial charge on any atom is 0.0994 e. The number of ether oxygens (including phenoxy) is 1. The van der Waals surface area contributed by atoms with Gasteiger partial charge in [0.05, 0.1) is 11.8 Å². The minimum Gasteiger partial charge on any atom is -0.372 e. The van der Waals surface area contributed by atoms with Crippen molar-refractivity contribution < 1.29 is 4.74 Å². The Kier molecular flexibility index (Phi) is 2.41. The molecule has 0 saturated carbocycles. The molecule has 0 amide bonds. The van der Waals surface area contributed by atoms with Crippen molar-refractivity contribution in [1.82, 2.24) is 0 Å². The van der Waals surface area contributed by atoms with Gasteiger partial charge in [0.1, 0.15) is 0 Å². The first kappa shape index (κ1) is 8.45. The molecular weight excluding hydrogens is 162 g/mol. The fraction of sp³-hybridized carbons (Fsp3) is 0.364. The van der Waals surface area contributed by atoms with Crippen LogP contribution in [0.2, 0.25) is 0 Å². The van der Waals surface area contributed by atoms with Crippen LogP contribution in [0.25, 0.3) is 0 Å². The van der Waals surface area contributed by atoms with Crippen molar-refractivity contribution in [1.29, 1.82) is 5.41 Å². The molecule has 1 heterocycles. The first-order valence-electron chi connectivity index (χ1n) is 4.63. The highest BCUT2D eigenvalue weighted by Gasteiger charge is 2.20. The standard InChI is InChI=1S/C11H13NO/c12-11(10-7-4-8-13-10)9-5-2-1-3-6-9/h1-3,5-6,10,12H,4,7-8H2. The Morgan fingerprint density at radius 2 is 2.08 bits per heavy atom. The molecule has 1 saturated heterocycles. The quantitative estimate of drug-likeness (QED) is 0.687. The highest BCUT2D eigenvalue weighted by Crippen LogP contribution is 2.16. The molecule has 1 fully saturated rings. The average Bonchev–Trinajstić information content (AvgIpc) is 2.71. The van der Waals surface area contributed by atoms with Crippen LogP contribution in [0, 0.1) is 5.41 Å². The smallest absolute Gasteiger partial charge is 0.0994 e. The maximum absolute atomic E-state index is 7.90. The van der Waals surface area contributed by atoms with Crippen molar-refractivity contribution in [2.45, 2.75) is 18.9 Å². The van der Waals surface area contributed by atoms with Crippen LogP contribution < -0.4 is 0 Å². The van der Waals surface area contributed by atoms with Crippen molar-refractivity contribution in [3.63, 3.8) is 0 Å². The molecule has 0 aromatic heterocycles. The summed E-state index contributed by atoms with van der Waals surface area (Å²) in [4.78, 5) is 0. The van der Waals surface area contributed by atoms with E-state index in [2.05, 4.69) is 0 Å². The highest BCUT2D eigenvalue weighted by molar-refractivity contribution is 6.01. The number of rotatable bonds is 2. The summed E-state index contributed by atoms with van der Waals surface area (Å²) in [5, 5.41) is 7.90. The predicted molar refractivity (Wildman–Crippen MR) is 52.2 cm³/mol. The number of hydrogen-bond donors (Lipinski definition) is 1. The fourth-order valence-corrected chi connectivity index (χ4v) is 1.61. The minimum absolute atomic E-state index is 0.0300. The third-order valence-corrected chi connectivity index (χ3v) is 2.34. The van der Waals surface area contributed by atoms with Gasteiger partial charge in [0.25, 0.3) is 0 Å². The molecule has 1 aliphatic rings. The SMILES string of the molecule is N=C(c1ccccc1)C1CCCO1. The second-order valence-electron chi connectivity index (χ2n) is 3.28. The van der Waals surface area contributed by atoms with Crippen LogP contribution in [0.5, 0.6) is 0 Å². The zero-order valence-electron chi connectivity index (χ0n) is 7.49. The third-order valence-electron chi connectivity index (χ3n) is 2.34. The third kappa shape index (κ3) is 1.78. The van der Waals surface area contributed by atoms with Gasteiger partial charge in [0, 0.05) is 6.61 Å². The molecule has 2 nitrogen and oxygen atoms in total. The largest absolute Gasteiger partial charge is 0.372 e. The van der Waals surface area contributed by atoms with Gasteiger partial charge in [-0.3, -0.25) is 0 Å². The summed E-state index contributed by atoms with van der Waals surface area (Å²) in [6.07, 6.45) is 2.11. The molecule has 0 bridgehead atoms. The molecule has 2 rings (SSSR count). The van der Waals surface area contributed by atoms with Crippen LogP contribution in [0.1, 0.15) is 18.4 Å². The highest BCUT2D eigenvalue weighted by atomic mass is 16.5. The Hall–Kier alpha value is -1.15. The minimum atomic E-state index is 0.0300. The summed E-state index contributed by atoms with van der Waals surface area (Å²) in [5.41, 5.74) is 1.60. The molecule has 0 radical (unpaired) electrons. The number of nitrogens with one attached hydrogen (secondary N) is 1. The topological polar surface area (TPSA) is 33.1 Å². The summed E-state index contributed by atoms with van der Waals surface area (Å²) >= 11 is 0. The van der Waals surface area contributed by atoms with E-state index in [9.17, 15) is 0 Å². The molecule has 13 heavy (non-hydrogen) atoms. The second-order valence-corrected chi connectivity index (χ2v) is 3.28. The van der Waals surface area contributed by atoms with E-state index in [0.717, 1.165) is 25.0 Å². The van der Waals surface area contributed by atoms with Gasteiger partial charge in [-0.2, -0.15) is 0 Å². The Morgan fingerprint density at radius 1 is 1.31 bits per heavy atom. The van der Waals surface area contributed by atoms with E-state index in [1.165, 1.54) is 0 Å². The van der Waals surface area contributed by atoms with Gasteiger partial charge in [-0.25, -0.2) is 0 Å². The van der Waals surface area contributed by atoms with E-state index in [1.807, 2.05) is 30.3 Å². The van der Waals surface area contributed by atoms with E-state index in [0.29, 0.717) is 5.71 Å². The summed E-state index contributed by atoms with van der Waals surface area (Å²) in [6.45, 7) is 0.805. The normalized spacial score (nSPS) is 21.7. The molecular formula is C11H13NO. The first-order valence-corrected chi connectivity index (χ1v) is 4.63. The van der Waals surface area contributed by atoms with Crippen LogP contribution in [-0.4, -0.2) is 18.4 Å². The van der Waals surface area contributed by atoms with Crippen molar-refractivity contribution in [2.24, 2.45) is 0 Å². The lowest BCUT2D eigenvalue weighted by atomic mass is 10.0. The Bertz CT molecular complexity index is 288. The van der Waals surface area contributed by atoms with Gasteiger partial charge in [0.15, 0.2) is 0 Å². The molecule has 0 spiro atoms. The summed E-state index contributed by atoms with van der Waals surface area (Å²) < 4.78 is 5.44. The fourth-order valence-electron chi connectivity index (χ4n) is 1.61.